The van der Waals surface area contributed by atoms with Crippen LogP contribution < -0.4 is 0 Å². The molecule has 0 bridgehead atoms. The maximum absolute atomic E-state index is 9.48. The highest BCUT2D eigenvalue weighted by molar-refractivity contribution is 8.16. The highest BCUT2D eigenvalue weighted by Gasteiger charge is 2.43. The van der Waals surface area contributed by atoms with E-state index in [4.69, 9.17) is 0 Å². The van der Waals surface area contributed by atoms with Gasteiger partial charge in [-0.2, -0.15) is 0 Å². The van der Waals surface area contributed by atoms with Crippen LogP contribution in [-0.2, 0) is 0 Å². The minimum Gasteiger partial charge on any atom is -0.508 e. The maximum Gasteiger partial charge on any atom is 0.149 e. The lowest BCUT2D eigenvalue weighted by molar-refractivity contribution is 0.378. The molecule has 1 N–H and O–H groups in total. The number of phenols is 1. The zero-order valence-corrected chi connectivity index (χ0v) is 11.4. The third-order valence-electron chi connectivity index (χ3n) is 3.64. The number of aromatic nitrogens is 1. The lowest BCUT2D eigenvalue weighted by Gasteiger charge is -2.35. The second kappa shape index (κ2) is 3.71. The van der Waals surface area contributed by atoms with Gasteiger partial charge in [-0.1, -0.05) is 18.2 Å². The van der Waals surface area contributed by atoms with Crippen molar-refractivity contribution in [2.45, 2.75) is 24.0 Å². The molecule has 1 aromatic carbocycles. The molecule has 4 rings (SSSR count). The van der Waals surface area contributed by atoms with E-state index in [-0.39, 0.29) is 0 Å². The van der Waals surface area contributed by atoms with Gasteiger partial charge < -0.3 is 5.11 Å². The quantitative estimate of drug-likeness (QED) is 0.868. The summed E-state index contributed by atoms with van der Waals surface area (Å²) in [6, 6.07) is 5.32. The molecule has 1 fully saturated rings. The molecule has 18 heavy (non-hydrogen) atoms. The highest BCUT2D eigenvalue weighted by Crippen LogP contribution is 2.49. The van der Waals surface area contributed by atoms with Crippen molar-refractivity contribution in [1.82, 2.24) is 4.98 Å². The molecule has 0 amide bonds. The smallest absolute Gasteiger partial charge is 0.149 e. The zero-order valence-electron chi connectivity index (χ0n) is 9.72. The largest absolute Gasteiger partial charge is 0.508 e. The summed E-state index contributed by atoms with van der Waals surface area (Å²) < 4.78 is 1.43. The van der Waals surface area contributed by atoms with Gasteiger partial charge in [0, 0.05) is 4.75 Å². The standard InChI is InChI=1S/C13H12N2OS2/c16-8-2-3-9-10(6-8)17-12(15-9)11-14-7-13(18-11)4-1-5-13/h2-3,6,16H,1,4-5,7H2. The Balaban J connectivity index is 1.71. The molecule has 0 radical (unpaired) electrons. The van der Waals surface area contributed by atoms with Crippen LogP contribution in [0.4, 0.5) is 0 Å². The number of fused-ring (bicyclic) bond motifs is 1. The molecule has 0 atom stereocenters. The number of hydrogen-bond donors (Lipinski definition) is 1. The molecular formula is C13H12N2OS2. The fourth-order valence-electron chi connectivity index (χ4n) is 2.43. The Labute approximate surface area is 113 Å². The molecule has 1 spiro atoms. The van der Waals surface area contributed by atoms with Gasteiger partial charge in [0.25, 0.3) is 0 Å². The van der Waals surface area contributed by atoms with Gasteiger partial charge in [0.05, 0.1) is 16.8 Å². The first kappa shape index (κ1) is 10.8. The van der Waals surface area contributed by atoms with Crippen molar-refractivity contribution in [2.24, 2.45) is 4.99 Å². The van der Waals surface area contributed by atoms with Crippen LogP contribution in [0.5, 0.6) is 5.75 Å². The molecule has 92 valence electrons. The number of thiazole rings is 1. The van der Waals surface area contributed by atoms with E-state index >= 15 is 0 Å². The summed E-state index contributed by atoms with van der Waals surface area (Å²) >= 11 is 3.53. The second-order valence-electron chi connectivity index (χ2n) is 4.93. The average Bonchev–Trinajstić information content (AvgIpc) is 2.90. The summed E-state index contributed by atoms with van der Waals surface area (Å²) in [4.78, 5) is 9.28. The summed E-state index contributed by atoms with van der Waals surface area (Å²) in [6.07, 6.45) is 3.91. The molecule has 5 heteroatoms. The van der Waals surface area contributed by atoms with Gasteiger partial charge >= 0.3 is 0 Å². The summed E-state index contributed by atoms with van der Waals surface area (Å²) in [5, 5.41) is 11.6. The van der Waals surface area contributed by atoms with Gasteiger partial charge in [-0.3, -0.25) is 4.99 Å². The Morgan fingerprint density at radius 2 is 2.17 bits per heavy atom. The number of aliphatic imine (C=N–C) groups is 1. The van der Waals surface area contributed by atoms with Crippen molar-refractivity contribution in [3.8, 4) is 5.75 Å². The molecule has 1 aromatic heterocycles. The number of benzene rings is 1. The van der Waals surface area contributed by atoms with E-state index in [9.17, 15) is 5.11 Å². The topological polar surface area (TPSA) is 45.5 Å². The lowest BCUT2D eigenvalue weighted by atomic mass is 9.84. The minimum atomic E-state index is 0.300. The fourth-order valence-corrected chi connectivity index (χ4v) is 4.88. The van der Waals surface area contributed by atoms with E-state index in [0.717, 1.165) is 26.8 Å². The van der Waals surface area contributed by atoms with E-state index in [1.54, 1.807) is 23.5 Å². The van der Waals surface area contributed by atoms with Crippen LogP contribution in [0.25, 0.3) is 10.2 Å². The Morgan fingerprint density at radius 1 is 1.28 bits per heavy atom. The maximum atomic E-state index is 9.48. The molecule has 2 aliphatic rings. The Morgan fingerprint density at radius 3 is 2.89 bits per heavy atom. The van der Waals surface area contributed by atoms with Crippen LogP contribution in [0.15, 0.2) is 23.2 Å². The van der Waals surface area contributed by atoms with Gasteiger partial charge in [-0.25, -0.2) is 4.98 Å². The van der Waals surface area contributed by atoms with Gasteiger partial charge in [0.1, 0.15) is 15.8 Å². The van der Waals surface area contributed by atoms with Crippen LogP contribution in [-0.4, -0.2) is 26.4 Å². The van der Waals surface area contributed by atoms with E-state index in [0.29, 0.717) is 10.5 Å². The molecule has 2 heterocycles. The van der Waals surface area contributed by atoms with Crippen LogP contribution in [0.2, 0.25) is 0 Å². The van der Waals surface area contributed by atoms with Crippen molar-refractivity contribution in [3.05, 3.63) is 23.2 Å². The van der Waals surface area contributed by atoms with Crippen molar-refractivity contribution < 1.29 is 5.11 Å². The fraction of sp³-hybridized carbons (Fsp3) is 0.385. The summed E-state index contributed by atoms with van der Waals surface area (Å²) in [6.45, 7) is 0.953. The minimum absolute atomic E-state index is 0.300. The van der Waals surface area contributed by atoms with E-state index in [2.05, 4.69) is 9.98 Å². The number of rotatable bonds is 1. The average molecular weight is 276 g/mol. The molecular weight excluding hydrogens is 264 g/mol. The van der Waals surface area contributed by atoms with Crippen molar-refractivity contribution >= 4 is 38.4 Å². The van der Waals surface area contributed by atoms with Crippen LogP contribution in [0.3, 0.4) is 0 Å². The molecule has 3 nitrogen and oxygen atoms in total. The lowest BCUT2D eigenvalue weighted by Crippen LogP contribution is -2.34. The Hall–Kier alpha value is -1.07. The Kier molecular flexibility index (Phi) is 2.23. The summed E-state index contributed by atoms with van der Waals surface area (Å²) in [5.41, 5.74) is 0.950. The normalized spacial score (nSPS) is 21.2. The van der Waals surface area contributed by atoms with Crippen LogP contribution in [0, 0.1) is 0 Å². The first-order chi connectivity index (χ1) is 8.74. The Bertz CT molecular complexity index is 658. The SMILES string of the molecule is Oc1ccc2nc(C3=NCC4(CCC4)S3)sc2c1. The monoisotopic (exact) mass is 276 g/mol. The predicted octanol–water partition coefficient (Wildman–Crippen LogP) is 3.42. The van der Waals surface area contributed by atoms with E-state index in [1.165, 1.54) is 19.3 Å². The highest BCUT2D eigenvalue weighted by atomic mass is 32.2. The first-order valence-electron chi connectivity index (χ1n) is 6.08. The van der Waals surface area contributed by atoms with Crippen LogP contribution >= 0.6 is 23.1 Å². The van der Waals surface area contributed by atoms with E-state index in [1.807, 2.05) is 17.8 Å². The third kappa shape index (κ3) is 1.57. The van der Waals surface area contributed by atoms with Gasteiger partial charge in [0.2, 0.25) is 0 Å². The molecule has 0 unspecified atom stereocenters. The first-order valence-corrected chi connectivity index (χ1v) is 7.71. The van der Waals surface area contributed by atoms with Crippen molar-refractivity contribution in [3.63, 3.8) is 0 Å². The third-order valence-corrected chi connectivity index (χ3v) is 6.28. The number of aromatic hydroxyl groups is 1. The van der Waals surface area contributed by atoms with E-state index < -0.39 is 0 Å². The summed E-state index contributed by atoms with van der Waals surface area (Å²) in [5.74, 6) is 0.300. The second-order valence-corrected chi connectivity index (χ2v) is 7.42. The van der Waals surface area contributed by atoms with Crippen molar-refractivity contribution in [1.29, 1.82) is 0 Å². The van der Waals surface area contributed by atoms with Gasteiger partial charge in [-0.05, 0) is 31.0 Å². The van der Waals surface area contributed by atoms with Gasteiger partial charge in [0.15, 0.2) is 0 Å². The van der Waals surface area contributed by atoms with Crippen molar-refractivity contribution in [2.75, 3.05) is 6.54 Å². The number of nitrogens with zero attached hydrogens (tertiary/aromatic N) is 2. The predicted molar refractivity (Wildman–Crippen MR) is 76.9 cm³/mol. The summed E-state index contributed by atoms with van der Waals surface area (Å²) in [7, 11) is 0. The number of thioether (sulfide) groups is 1. The molecule has 1 saturated carbocycles. The molecule has 1 aliphatic carbocycles. The van der Waals surface area contributed by atoms with Crippen LogP contribution in [0.1, 0.15) is 24.3 Å². The molecule has 2 aromatic rings. The number of hydrogen-bond acceptors (Lipinski definition) is 5. The molecule has 0 saturated heterocycles. The molecule has 1 aliphatic heterocycles. The van der Waals surface area contributed by atoms with Gasteiger partial charge in [-0.15, -0.1) is 11.3 Å². The number of phenolic OH excluding ortho intramolecular Hbond substituents is 1. The zero-order chi connectivity index (χ0) is 12.2.